The van der Waals surface area contributed by atoms with Crippen LogP contribution in [0, 0.1) is 0 Å². The SMILES string of the molecule is O=C(O)C1CN(CCOc2c(Cl)cccc2Cl)CCO1. The maximum atomic E-state index is 10.9. The summed E-state index contributed by atoms with van der Waals surface area (Å²) < 4.78 is 10.7. The minimum atomic E-state index is -0.940. The maximum Gasteiger partial charge on any atom is 0.334 e. The first-order valence-corrected chi connectivity index (χ1v) is 6.97. The van der Waals surface area contributed by atoms with Crippen molar-refractivity contribution in [2.24, 2.45) is 0 Å². The molecule has 1 saturated heterocycles. The fourth-order valence-electron chi connectivity index (χ4n) is 1.95. The molecule has 110 valence electrons. The van der Waals surface area contributed by atoms with Gasteiger partial charge >= 0.3 is 5.97 Å². The van der Waals surface area contributed by atoms with Crippen LogP contribution < -0.4 is 4.74 Å². The van der Waals surface area contributed by atoms with Crippen molar-refractivity contribution in [2.75, 3.05) is 32.8 Å². The van der Waals surface area contributed by atoms with E-state index in [1.807, 2.05) is 4.90 Å². The lowest BCUT2D eigenvalue weighted by Crippen LogP contribution is -2.47. The fraction of sp³-hybridized carbons (Fsp3) is 0.462. The van der Waals surface area contributed by atoms with Gasteiger partial charge in [-0.1, -0.05) is 29.3 Å². The summed E-state index contributed by atoms with van der Waals surface area (Å²) in [6.45, 7) is 2.42. The first-order valence-electron chi connectivity index (χ1n) is 6.21. The molecule has 2 rings (SSSR count). The van der Waals surface area contributed by atoms with Crippen LogP contribution in [0.2, 0.25) is 10.0 Å². The van der Waals surface area contributed by atoms with Gasteiger partial charge in [-0.2, -0.15) is 0 Å². The van der Waals surface area contributed by atoms with Crippen molar-refractivity contribution in [1.82, 2.24) is 4.90 Å². The molecule has 0 bridgehead atoms. The third-order valence-electron chi connectivity index (χ3n) is 3.00. The number of nitrogens with zero attached hydrogens (tertiary/aromatic N) is 1. The van der Waals surface area contributed by atoms with Gasteiger partial charge in [-0.05, 0) is 12.1 Å². The highest BCUT2D eigenvalue weighted by atomic mass is 35.5. The van der Waals surface area contributed by atoms with E-state index in [9.17, 15) is 4.79 Å². The Morgan fingerprint density at radius 1 is 1.45 bits per heavy atom. The smallest absolute Gasteiger partial charge is 0.334 e. The molecule has 0 aliphatic carbocycles. The second-order valence-corrected chi connectivity index (χ2v) is 5.21. The number of aliphatic carboxylic acids is 1. The lowest BCUT2D eigenvalue weighted by molar-refractivity contribution is -0.156. The average molecular weight is 320 g/mol. The number of carboxylic acids is 1. The van der Waals surface area contributed by atoms with E-state index in [1.165, 1.54) is 0 Å². The van der Waals surface area contributed by atoms with Gasteiger partial charge in [-0.25, -0.2) is 4.79 Å². The first kappa shape index (κ1) is 15.4. The van der Waals surface area contributed by atoms with Crippen molar-refractivity contribution in [3.63, 3.8) is 0 Å². The predicted octanol–water partition coefficient (Wildman–Crippen LogP) is 2.16. The highest BCUT2D eigenvalue weighted by Crippen LogP contribution is 2.32. The standard InChI is InChI=1S/C13H15Cl2NO4/c14-9-2-1-3-10(15)12(9)20-7-5-16-4-6-19-11(8-16)13(17)18/h1-3,11H,4-8H2,(H,17,18). The lowest BCUT2D eigenvalue weighted by atomic mass is 10.3. The van der Waals surface area contributed by atoms with Gasteiger partial charge in [0.25, 0.3) is 0 Å². The number of carboxylic acid groups (broad SMARTS) is 1. The van der Waals surface area contributed by atoms with Crippen LogP contribution in [0.15, 0.2) is 18.2 Å². The van der Waals surface area contributed by atoms with Gasteiger partial charge in [0.1, 0.15) is 6.61 Å². The third kappa shape index (κ3) is 3.99. The number of hydrogen-bond acceptors (Lipinski definition) is 4. The van der Waals surface area contributed by atoms with Crippen molar-refractivity contribution in [2.45, 2.75) is 6.10 Å². The van der Waals surface area contributed by atoms with Gasteiger partial charge in [0.2, 0.25) is 0 Å². The van der Waals surface area contributed by atoms with Crippen LogP contribution in [0.25, 0.3) is 0 Å². The van der Waals surface area contributed by atoms with Crippen LogP contribution >= 0.6 is 23.2 Å². The summed E-state index contributed by atoms with van der Waals surface area (Å²) in [5, 5.41) is 9.84. The van der Waals surface area contributed by atoms with E-state index in [0.29, 0.717) is 48.6 Å². The number of hydrogen-bond donors (Lipinski definition) is 1. The number of para-hydroxylation sites is 1. The third-order valence-corrected chi connectivity index (χ3v) is 3.59. The van der Waals surface area contributed by atoms with Crippen LogP contribution in [0.4, 0.5) is 0 Å². The molecule has 1 N–H and O–H groups in total. The number of halogens is 2. The van der Waals surface area contributed by atoms with Crippen molar-refractivity contribution in [3.8, 4) is 5.75 Å². The average Bonchev–Trinajstić information content (AvgIpc) is 2.42. The Balaban J connectivity index is 1.82. The largest absolute Gasteiger partial charge is 0.489 e. The summed E-state index contributed by atoms with van der Waals surface area (Å²) in [5.74, 6) is -0.483. The van der Waals surface area contributed by atoms with E-state index in [1.54, 1.807) is 18.2 Å². The van der Waals surface area contributed by atoms with Crippen molar-refractivity contribution < 1.29 is 19.4 Å². The summed E-state index contributed by atoms with van der Waals surface area (Å²) in [4.78, 5) is 12.8. The van der Waals surface area contributed by atoms with Gasteiger partial charge in [0.15, 0.2) is 11.9 Å². The summed E-state index contributed by atoms with van der Waals surface area (Å²) in [6.07, 6.45) is -0.771. The summed E-state index contributed by atoms with van der Waals surface area (Å²) in [5.41, 5.74) is 0. The summed E-state index contributed by atoms with van der Waals surface area (Å²) >= 11 is 12.0. The molecule has 7 heteroatoms. The molecule has 0 amide bonds. The Bertz CT molecular complexity index is 463. The molecule has 1 atom stereocenters. The van der Waals surface area contributed by atoms with E-state index in [4.69, 9.17) is 37.8 Å². The van der Waals surface area contributed by atoms with Crippen molar-refractivity contribution in [3.05, 3.63) is 28.2 Å². The number of rotatable bonds is 5. The highest BCUT2D eigenvalue weighted by Gasteiger charge is 2.25. The Kier molecular flexibility index (Phi) is 5.48. The normalized spacial score (nSPS) is 19.8. The van der Waals surface area contributed by atoms with Gasteiger partial charge in [0, 0.05) is 19.6 Å². The van der Waals surface area contributed by atoms with Gasteiger partial charge in [0.05, 0.1) is 16.7 Å². The van der Waals surface area contributed by atoms with E-state index < -0.39 is 12.1 Å². The van der Waals surface area contributed by atoms with Crippen molar-refractivity contribution >= 4 is 29.2 Å². The monoisotopic (exact) mass is 319 g/mol. The Labute approximate surface area is 127 Å². The van der Waals surface area contributed by atoms with E-state index in [0.717, 1.165) is 0 Å². The Morgan fingerprint density at radius 3 is 2.80 bits per heavy atom. The molecular formula is C13H15Cl2NO4. The molecule has 1 aliphatic heterocycles. The molecule has 1 aliphatic rings. The van der Waals surface area contributed by atoms with Crippen LogP contribution in [0.5, 0.6) is 5.75 Å². The zero-order valence-corrected chi connectivity index (χ0v) is 12.2. The molecule has 0 saturated carbocycles. The van der Waals surface area contributed by atoms with E-state index >= 15 is 0 Å². The van der Waals surface area contributed by atoms with E-state index in [-0.39, 0.29) is 0 Å². The Morgan fingerprint density at radius 2 is 2.15 bits per heavy atom. The predicted molar refractivity (Wildman–Crippen MR) is 75.8 cm³/mol. The van der Waals surface area contributed by atoms with Gasteiger partial charge < -0.3 is 14.6 Å². The molecule has 20 heavy (non-hydrogen) atoms. The maximum absolute atomic E-state index is 10.9. The molecule has 0 radical (unpaired) electrons. The lowest BCUT2D eigenvalue weighted by Gasteiger charge is -2.30. The van der Waals surface area contributed by atoms with E-state index in [2.05, 4.69) is 0 Å². The van der Waals surface area contributed by atoms with Crippen molar-refractivity contribution in [1.29, 1.82) is 0 Å². The van der Waals surface area contributed by atoms with Crippen LogP contribution in [-0.4, -0.2) is 54.9 Å². The molecule has 1 aromatic carbocycles. The van der Waals surface area contributed by atoms with Gasteiger partial charge in [-0.3, -0.25) is 4.90 Å². The quantitative estimate of drug-likeness (QED) is 0.901. The number of benzene rings is 1. The molecule has 5 nitrogen and oxygen atoms in total. The molecule has 1 heterocycles. The van der Waals surface area contributed by atoms with Crippen LogP contribution in [-0.2, 0) is 9.53 Å². The van der Waals surface area contributed by atoms with Gasteiger partial charge in [-0.15, -0.1) is 0 Å². The molecule has 0 spiro atoms. The van der Waals surface area contributed by atoms with Crippen LogP contribution in [0.3, 0.4) is 0 Å². The summed E-state index contributed by atoms with van der Waals surface area (Å²) in [7, 11) is 0. The zero-order valence-electron chi connectivity index (χ0n) is 10.7. The zero-order chi connectivity index (χ0) is 14.5. The molecule has 1 aromatic rings. The minimum Gasteiger partial charge on any atom is -0.489 e. The molecule has 0 aromatic heterocycles. The molecular weight excluding hydrogens is 305 g/mol. The number of morpholine rings is 1. The minimum absolute atomic E-state index is 0.356. The fourth-order valence-corrected chi connectivity index (χ4v) is 2.46. The topological polar surface area (TPSA) is 59.0 Å². The highest BCUT2D eigenvalue weighted by molar-refractivity contribution is 6.37. The molecule has 1 unspecified atom stereocenters. The second-order valence-electron chi connectivity index (χ2n) is 4.40. The molecule has 1 fully saturated rings. The second kappa shape index (κ2) is 7.13. The first-order chi connectivity index (χ1) is 9.58. The number of ether oxygens (including phenoxy) is 2. The Hall–Kier alpha value is -1.01. The van der Waals surface area contributed by atoms with Crippen LogP contribution in [0.1, 0.15) is 0 Å². The number of carbonyl (C=O) groups is 1. The summed E-state index contributed by atoms with van der Waals surface area (Å²) in [6, 6.07) is 5.16.